The number of carbonyl (C=O) groups is 2. The van der Waals surface area contributed by atoms with E-state index in [1.165, 1.54) is 0 Å². The molecule has 2 amide bonds. The first-order valence-corrected chi connectivity index (χ1v) is 10.4. The molecule has 0 saturated carbocycles. The first kappa shape index (κ1) is 24.4. The molecular weight excluding hydrogens is 524 g/mol. The Labute approximate surface area is 190 Å². The quantitative estimate of drug-likeness (QED) is 0.335. The summed E-state index contributed by atoms with van der Waals surface area (Å²) in [7, 11) is 0. The molecule has 2 rings (SSSR count). The average Bonchev–Trinajstić information content (AvgIpc) is 2.70. The summed E-state index contributed by atoms with van der Waals surface area (Å²) in [5.74, 6) is -2.01. The Morgan fingerprint density at radius 2 is 1.03 bits per heavy atom. The van der Waals surface area contributed by atoms with Gasteiger partial charge in [0.25, 0.3) is 0 Å². The third-order valence-corrected chi connectivity index (χ3v) is 5.27. The minimum atomic E-state index is -1.83. The van der Waals surface area contributed by atoms with Gasteiger partial charge in [-0.3, -0.25) is 9.59 Å². The summed E-state index contributed by atoms with van der Waals surface area (Å²) in [6, 6.07) is 14.1. The van der Waals surface area contributed by atoms with Gasteiger partial charge in [0.05, 0.1) is 13.2 Å². The molecule has 8 nitrogen and oxygen atoms in total. The Balaban J connectivity index is 2.04. The van der Waals surface area contributed by atoms with E-state index in [-0.39, 0.29) is 13.2 Å². The van der Waals surface area contributed by atoms with E-state index in [4.69, 9.17) is 20.9 Å². The first-order valence-electron chi connectivity index (χ1n) is 8.86. The number of halogens is 2. The summed E-state index contributed by atoms with van der Waals surface area (Å²) in [5.41, 5.74) is 12.1. The summed E-state index contributed by atoms with van der Waals surface area (Å²) < 4.78 is 12.5. The summed E-state index contributed by atoms with van der Waals surface area (Å²) >= 11 is 6.61. The van der Waals surface area contributed by atoms with Crippen LogP contribution in [0.3, 0.4) is 0 Å². The monoisotopic (exact) mass is 544 g/mol. The van der Waals surface area contributed by atoms with E-state index in [9.17, 15) is 19.8 Å². The maximum Gasteiger partial charge on any atom is 0.249 e. The molecule has 2 aromatic rings. The largest absolute Gasteiger partial charge is 0.387 e. The van der Waals surface area contributed by atoms with Gasteiger partial charge in [0.2, 0.25) is 11.8 Å². The molecule has 0 radical (unpaired) electrons. The van der Waals surface area contributed by atoms with Crippen LogP contribution in [0.1, 0.15) is 11.1 Å². The van der Waals surface area contributed by atoms with Crippen molar-refractivity contribution in [1.29, 1.82) is 0 Å². The number of aliphatic hydroxyl groups is 2. The molecule has 10 heteroatoms. The lowest BCUT2D eigenvalue weighted by Crippen LogP contribution is -2.54. The van der Waals surface area contributed by atoms with Crippen LogP contribution >= 0.6 is 31.9 Å². The SMILES string of the molecule is NC(=O)C(OCc1ccc(Br)cc1)[C@H](O)[C@@H](O)[C@@H](OCc1ccc(Br)cc1)C(N)=O. The van der Waals surface area contributed by atoms with Crippen molar-refractivity contribution in [3.63, 3.8) is 0 Å². The zero-order valence-corrected chi connectivity index (χ0v) is 19.0. The van der Waals surface area contributed by atoms with Crippen molar-refractivity contribution in [2.24, 2.45) is 11.5 Å². The van der Waals surface area contributed by atoms with Crippen LogP contribution in [0.25, 0.3) is 0 Å². The molecule has 2 aromatic carbocycles. The molecule has 0 spiro atoms. The highest BCUT2D eigenvalue weighted by molar-refractivity contribution is 9.10. The Morgan fingerprint density at radius 1 is 0.733 bits per heavy atom. The number of benzene rings is 2. The molecule has 0 heterocycles. The molecule has 0 aliphatic heterocycles. The van der Waals surface area contributed by atoms with Crippen LogP contribution in [0.2, 0.25) is 0 Å². The molecule has 30 heavy (non-hydrogen) atoms. The normalized spacial score (nSPS) is 15.2. The number of ether oxygens (including phenoxy) is 2. The van der Waals surface area contributed by atoms with Crippen LogP contribution in [0.4, 0.5) is 0 Å². The highest BCUT2D eigenvalue weighted by Crippen LogP contribution is 2.17. The van der Waals surface area contributed by atoms with Gasteiger partial charge in [-0.15, -0.1) is 0 Å². The molecule has 0 fully saturated rings. The Hall–Kier alpha value is -1.82. The smallest absolute Gasteiger partial charge is 0.249 e. The molecule has 4 atom stereocenters. The van der Waals surface area contributed by atoms with Crippen LogP contribution in [-0.4, -0.2) is 46.4 Å². The van der Waals surface area contributed by atoms with Crippen LogP contribution in [0.5, 0.6) is 0 Å². The van der Waals surface area contributed by atoms with E-state index in [0.717, 1.165) is 8.95 Å². The number of primary amides is 2. The van der Waals surface area contributed by atoms with Crippen molar-refractivity contribution in [1.82, 2.24) is 0 Å². The lowest BCUT2D eigenvalue weighted by atomic mass is 10.0. The fourth-order valence-electron chi connectivity index (χ4n) is 2.59. The highest BCUT2D eigenvalue weighted by atomic mass is 79.9. The Morgan fingerprint density at radius 3 is 1.30 bits per heavy atom. The van der Waals surface area contributed by atoms with Gasteiger partial charge in [-0.05, 0) is 35.4 Å². The van der Waals surface area contributed by atoms with Crippen LogP contribution in [-0.2, 0) is 32.3 Å². The molecule has 0 aliphatic rings. The second-order valence-electron chi connectivity index (χ2n) is 6.50. The van der Waals surface area contributed by atoms with Crippen LogP contribution < -0.4 is 11.5 Å². The van der Waals surface area contributed by atoms with Crippen LogP contribution in [0.15, 0.2) is 57.5 Å². The van der Waals surface area contributed by atoms with Crippen molar-refractivity contribution in [2.75, 3.05) is 0 Å². The molecule has 162 valence electrons. The second kappa shape index (κ2) is 11.5. The molecule has 6 N–H and O–H groups in total. The van der Waals surface area contributed by atoms with E-state index in [1.807, 2.05) is 0 Å². The van der Waals surface area contributed by atoms with Crippen molar-refractivity contribution in [3.8, 4) is 0 Å². The van der Waals surface area contributed by atoms with E-state index in [0.29, 0.717) is 11.1 Å². The van der Waals surface area contributed by atoms with E-state index < -0.39 is 36.2 Å². The summed E-state index contributed by atoms with van der Waals surface area (Å²) in [5, 5.41) is 20.9. The number of rotatable bonds is 11. The number of carbonyl (C=O) groups excluding carboxylic acids is 2. The van der Waals surface area contributed by atoms with E-state index >= 15 is 0 Å². The van der Waals surface area contributed by atoms with Gasteiger partial charge < -0.3 is 31.2 Å². The fourth-order valence-corrected chi connectivity index (χ4v) is 3.12. The zero-order chi connectivity index (χ0) is 22.3. The van der Waals surface area contributed by atoms with Gasteiger partial charge in [-0.1, -0.05) is 56.1 Å². The van der Waals surface area contributed by atoms with E-state index in [1.54, 1.807) is 48.5 Å². The lowest BCUT2D eigenvalue weighted by molar-refractivity contribution is -0.167. The minimum Gasteiger partial charge on any atom is -0.387 e. The van der Waals surface area contributed by atoms with Crippen LogP contribution in [0, 0.1) is 0 Å². The van der Waals surface area contributed by atoms with Crippen molar-refractivity contribution in [3.05, 3.63) is 68.6 Å². The number of nitrogens with two attached hydrogens (primary N) is 2. The van der Waals surface area contributed by atoms with Gasteiger partial charge in [-0.2, -0.15) is 0 Å². The highest BCUT2D eigenvalue weighted by Gasteiger charge is 2.39. The standard InChI is InChI=1S/C20H22Br2N2O6/c21-13-5-1-11(2-6-13)9-29-17(19(23)27)15(25)16(26)18(20(24)28)30-10-12-3-7-14(22)8-4-12/h1-8,15-18,25-26H,9-10H2,(H2,23,27)(H2,24,28)/t15-,16-,17-,18?/m1/s1. The topological polar surface area (TPSA) is 145 Å². The van der Waals surface area contributed by atoms with Gasteiger partial charge in [-0.25, -0.2) is 0 Å². The zero-order valence-electron chi connectivity index (χ0n) is 15.8. The third kappa shape index (κ3) is 7.15. The first-order chi connectivity index (χ1) is 14.2. The molecule has 0 bridgehead atoms. The number of hydrogen-bond acceptors (Lipinski definition) is 6. The fraction of sp³-hybridized carbons (Fsp3) is 0.300. The molecule has 1 unspecified atom stereocenters. The summed E-state index contributed by atoms with van der Waals surface area (Å²) in [6.07, 6.45) is -6.83. The number of amides is 2. The van der Waals surface area contributed by atoms with Gasteiger partial charge in [0.1, 0.15) is 12.2 Å². The molecule has 0 aromatic heterocycles. The van der Waals surface area contributed by atoms with Gasteiger partial charge in [0, 0.05) is 8.95 Å². The van der Waals surface area contributed by atoms with Gasteiger partial charge >= 0.3 is 0 Å². The summed E-state index contributed by atoms with van der Waals surface area (Å²) in [6.45, 7) is -0.0999. The molecular formula is C20H22Br2N2O6. The number of hydrogen-bond donors (Lipinski definition) is 4. The minimum absolute atomic E-state index is 0.0499. The maximum absolute atomic E-state index is 11.8. The third-order valence-electron chi connectivity index (χ3n) is 4.22. The molecule has 0 saturated heterocycles. The maximum atomic E-state index is 11.8. The Kier molecular flexibility index (Phi) is 9.40. The second-order valence-corrected chi connectivity index (χ2v) is 8.33. The van der Waals surface area contributed by atoms with Crippen molar-refractivity contribution in [2.45, 2.75) is 37.6 Å². The molecule has 0 aliphatic carbocycles. The summed E-state index contributed by atoms with van der Waals surface area (Å²) in [4.78, 5) is 23.6. The van der Waals surface area contributed by atoms with Gasteiger partial charge in [0.15, 0.2) is 12.2 Å². The predicted octanol–water partition coefficient (Wildman–Crippen LogP) is 1.37. The Bertz CT molecular complexity index is 776. The number of aliphatic hydroxyl groups excluding tert-OH is 2. The predicted molar refractivity (Wildman–Crippen MR) is 116 cm³/mol. The lowest BCUT2D eigenvalue weighted by Gasteiger charge is -2.29. The van der Waals surface area contributed by atoms with Crippen molar-refractivity contribution >= 4 is 43.7 Å². The van der Waals surface area contributed by atoms with E-state index in [2.05, 4.69) is 31.9 Å². The average molecular weight is 546 g/mol. The van der Waals surface area contributed by atoms with Crippen molar-refractivity contribution < 1.29 is 29.3 Å².